The Morgan fingerprint density at radius 2 is 2.10 bits per heavy atom. The fourth-order valence-electron chi connectivity index (χ4n) is 2.38. The molecular weight excluding hydrogens is 276 g/mol. The summed E-state index contributed by atoms with van der Waals surface area (Å²) in [5.41, 5.74) is 5.26. The molecule has 1 fully saturated rings. The summed E-state index contributed by atoms with van der Waals surface area (Å²) >= 11 is 0. The van der Waals surface area contributed by atoms with Crippen molar-refractivity contribution in [3.8, 4) is 0 Å². The van der Waals surface area contributed by atoms with Gasteiger partial charge in [0.1, 0.15) is 0 Å². The Morgan fingerprint density at radius 3 is 2.67 bits per heavy atom. The maximum atomic E-state index is 12.0. The molecule has 1 aliphatic heterocycles. The molecule has 0 aliphatic carbocycles. The Morgan fingerprint density at radius 1 is 1.38 bits per heavy atom. The van der Waals surface area contributed by atoms with Gasteiger partial charge in [0, 0.05) is 13.0 Å². The van der Waals surface area contributed by atoms with Crippen molar-refractivity contribution in [1.29, 1.82) is 0 Å². The molecule has 0 saturated carbocycles. The largest absolute Gasteiger partial charge is 0.408 e. The highest BCUT2D eigenvalue weighted by Crippen LogP contribution is 2.12. The average molecular weight is 296 g/mol. The molecule has 0 atom stereocenters. The van der Waals surface area contributed by atoms with Crippen LogP contribution in [0.1, 0.15) is 18.7 Å². The summed E-state index contributed by atoms with van der Waals surface area (Å²) < 4.78 is 5.09. The van der Waals surface area contributed by atoms with E-state index in [9.17, 15) is 9.59 Å². The summed E-state index contributed by atoms with van der Waals surface area (Å²) in [6, 6.07) is 0.218. The molecule has 2 heterocycles. The first-order valence-corrected chi connectivity index (χ1v) is 6.87. The van der Waals surface area contributed by atoms with Gasteiger partial charge in [-0.15, -0.1) is 5.10 Å². The molecule has 0 aromatic carbocycles. The second-order valence-corrected chi connectivity index (χ2v) is 5.03. The Bertz CT molecular complexity index is 497. The molecule has 1 aromatic heterocycles. The Kier molecular flexibility index (Phi) is 5.23. The zero-order valence-corrected chi connectivity index (χ0v) is 12.0. The third-order valence-electron chi connectivity index (χ3n) is 3.30. The van der Waals surface area contributed by atoms with E-state index in [2.05, 4.69) is 20.8 Å². The molecule has 1 aromatic rings. The lowest BCUT2D eigenvalue weighted by Crippen LogP contribution is -2.49. The van der Waals surface area contributed by atoms with Gasteiger partial charge in [0.25, 0.3) is 0 Å². The number of nitrogens with zero attached hydrogens (tertiary/aromatic N) is 3. The molecule has 0 spiro atoms. The first-order valence-electron chi connectivity index (χ1n) is 6.87. The Labute approximate surface area is 122 Å². The van der Waals surface area contributed by atoms with Crippen molar-refractivity contribution >= 4 is 17.8 Å². The van der Waals surface area contributed by atoms with Crippen LogP contribution in [-0.4, -0.2) is 59.1 Å². The zero-order valence-electron chi connectivity index (χ0n) is 12.0. The number of amides is 2. The predicted molar refractivity (Wildman–Crippen MR) is 74.3 cm³/mol. The predicted octanol–water partition coefficient (Wildman–Crippen LogP) is -1.14. The minimum Gasteiger partial charge on any atom is -0.408 e. The SMILES string of the molecule is Cc1nnc(NC(=O)CN(CC(N)=O)C2CCNCC2)o1. The maximum absolute atomic E-state index is 12.0. The van der Waals surface area contributed by atoms with Crippen LogP contribution in [0.25, 0.3) is 0 Å². The smallest absolute Gasteiger partial charge is 0.322 e. The zero-order chi connectivity index (χ0) is 15.2. The molecule has 1 aliphatic rings. The topological polar surface area (TPSA) is 126 Å². The summed E-state index contributed by atoms with van der Waals surface area (Å²) in [6.45, 7) is 3.49. The van der Waals surface area contributed by atoms with Crippen LogP contribution in [0.4, 0.5) is 6.01 Å². The highest BCUT2D eigenvalue weighted by molar-refractivity contribution is 5.90. The normalized spacial score (nSPS) is 16.1. The molecule has 4 N–H and O–H groups in total. The van der Waals surface area contributed by atoms with Gasteiger partial charge in [-0.3, -0.25) is 19.8 Å². The number of aryl methyl sites for hydroxylation is 1. The number of hydrogen-bond donors (Lipinski definition) is 3. The number of nitrogens with one attached hydrogen (secondary N) is 2. The third-order valence-corrected chi connectivity index (χ3v) is 3.30. The minimum absolute atomic E-state index is 0.0565. The Hall–Kier alpha value is -2.00. The van der Waals surface area contributed by atoms with Crippen LogP contribution in [-0.2, 0) is 9.59 Å². The van der Waals surface area contributed by atoms with Crippen LogP contribution < -0.4 is 16.4 Å². The molecule has 2 rings (SSSR count). The van der Waals surface area contributed by atoms with E-state index < -0.39 is 5.91 Å². The van der Waals surface area contributed by atoms with Gasteiger partial charge in [0.2, 0.25) is 17.7 Å². The number of rotatable bonds is 6. The van der Waals surface area contributed by atoms with Crippen LogP contribution in [0, 0.1) is 6.92 Å². The molecule has 0 unspecified atom stereocenters. The molecule has 1 saturated heterocycles. The molecule has 9 nitrogen and oxygen atoms in total. The maximum Gasteiger partial charge on any atom is 0.322 e. The lowest BCUT2D eigenvalue weighted by molar-refractivity contribution is -0.122. The molecule has 116 valence electrons. The van der Waals surface area contributed by atoms with Crippen molar-refractivity contribution in [3.63, 3.8) is 0 Å². The minimum atomic E-state index is -0.449. The monoisotopic (exact) mass is 296 g/mol. The van der Waals surface area contributed by atoms with Crippen molar-refractivity contribution in [2.45, 2.75) is 25.8 Å². The van der Waals surface area contributed by atoms with Gasteiger partial charge in [0.15, 0.2) is 0 Å². The lowest BCUT2D eigenvalue weighted by Gasteiger charge is -2.33. The number of primary amides is 1. The van der Waals surface area contributed by atoms with Gasteiger partial charge in [-0.25, -0.2) is 0 Å². The third kappa shape index (κ3) is 4.80. The first-order chi connectivity index (χ1) is 10.0. The summed E-state index contributed by atoms with van der Waals surface area (Å²) in [6.07, 6.45) is 1.75. The number of aromatic nitrogens is 2. The van der Waals surface area contributed by atoms with Crippen LogP contribution in [0.2, 0.25) is 0 Å². The van der Waals surface area contributed by atoms with Crippen LogP contribution >= 0.6 is 0 Å². The van der Waals surface area contributed by atoms with Gasteiger partial charge in [-0.1, -0.05) is 5.10 Å². The Balaban J connectivity index is 1.93. The second-order valence-electron chi connectivity index (χ2n) is 5.03. The van der Waals surface area contributed by atoms with Crippen molar-refractivity contribution in [2.75, 3.05) is 31.5 Å². The average Bonchev–Trinajstić information content (AvgIpc) is 2.83. The van der Waals surface area contributed by atoms with E-state index in [4.69, 9.17) is 10.2 Å². The quantitative estimate of drug-likeness (QED) is 0.605. The number of nitrogens with two attached hydrogens (primary N) is 1. The van der Waals surface area contributed by atoms with Gasteiger partial charge in [-0.2, -0.15) is 0 Å². The van der Waals surface area contributed by atoms with Crippen molar-refractivity contribution in [2.24, 2.45) is 5.73 Å². The fourth-order valence-corrected chi connectivity index (χ4v) is 2.38. The molecular formula is C12H20N6O3. The molecule has 2 amide bonds. The second kappa shape index (κ2) is 7.14. The number of piperidine rings is 1. The number of carbonyl (C=O) groups excluding carboxylic acids is 2. The van der Waals surface area contributed by atoms with E-state index in [0.717, 1.165) is 25.9 Å². The van der Waals surface area contributed by atoms with Gasteiger partial charge in [0.05, 0.1) is 13.1 Å². The molecule has 0 radical (unpaired) electrons. The van der Waals surface area contributed by atoms with Crippen molar-refractivity contribution < 1.29 is 14.0 Å². The summed E-state index contributed by atoms with van der Waals surface area (Å²) in [5, 5.41) is 13.1. The summed E-state index contributed by atoms with van der Waals surface area (Å²) in [4.78, 5) is 25.0. The van der Waals surface area contributed by atoms with E-state index in [1.54, 1.807) is 11.8 Å². The molecule has 21 heavy (non-hydrogen) atoms. The van der Waals surface area contributed by atoms with Crippen LogP contribution in [0.5, 0.6) is 0 Å². The number of hydrogen-bond acceptors (Lipinski definition) is 7. The van der Waals surface area contributed by atoms with Crippen LogP contribution in [0.3, 0.4) is 0 Å². The molecule has 9 heteroatoms. The van der Waals surface area contributed by atoms with Crippen molar-refractivity contribution in [1.82, 2.24) is 20.4 Å². The lowest BCUT2D eigenvalue weighted by atomic mass is 10.0. The number of carbonyl (C=O) groups is 2. The van der Waals surface area contributed by atoms with Crippen molar-refractivity contribution in [3.05, 3.63) is 5.89 Å². The summed E-state index contributed by atoms with van der Waals surface area (Å²) in [7, 11) is 0. The highest BCUT2D eigenvalue weighted by atomic mass is 16.4. The summed E-state index contributed by atoms with van der Waals surface area (Å²) in [5.74, 6) is -0.383. The van der Waals surface area contributed by atoms with Gasteiger partial charge >= 0.3 is 6.01 Å². The highest BCUT2D eigenvalue weighted by Gasteiger charge is 2.24. The van der Waals surface area contributed by atoms with E-state index in [0.29, 0.717) is 5.89 Å². The standard InChI is InChI=1S/C12H20N6O3/c1-8-16-17-12(21-8)15-11(20)7-18(6-10(13)19)9-2-4-14-5-3-9/h9,14H,2-7H2,1H3,(H2,13,19)(H,15,17,20). The van der Waals surface area contributed by atoms with E-state index in [-0.39, 0.29) is 31.1 Å². The van der Waals surface area contributed by atoms with E-state index >= 15 is 0 Å². The van der Waals surface area contributed by atoms with E-state index in [1.165, 1.54) is 0 Å². The molecule has 0 bridgehead atoms. The number of anilines is 1. The van der Waals surface area contributed by atoms with Gasteiger partial charge < -0.3 is 15.5 Å². The van der Waals surface area contributed by atoms with Crippen LogP contribution in [0.15, 0.2) is 4.42 Å². The van der Waals surface area contributed by atoms with Gasteiger partial charge in [-0.05, 0) is 25.9 Å². The van der Waals surface area contributed by atoms with E-state index in [1.807, 2.05) is 0 Å². The fraction of sp³-hybridized carbons (Fsp3) is 0.667. The first kappa shape index (κ1) is 15.4.